The maximum atomic E-state index is 11.2. The summed E-state index contributed by atoms with van der Waals surface area (Å²) in [6, 6.07) is 5.06. The van der Waals surface area contributed by atoms with Crippen LogP contribution in [0.3, 0.4) is 0 Å². The van der Waals surface area contributed by atoms with E-state index >= 15 is 0 Å². The molecule has 1 aliphatic rings. The molecule has 64 valence electrons. The molecule has 0 spiro atoms. The number of anilines is 1. The molecule has 1 aromatic heterocycles. The van der Waals surface area contributed by atoms with Crippen LogP contribution in [-0.2, 0) is 9.59 Å². The first-order valence-corrected chi connectivity index (χ1v) is 3.76. The SMILES string of the molecule is O=C1C=CC(=O)N1c1ccccn1. The third-order valence-corrected chi connectivity index (χ3v) is 1.69. The number of hydrogen-bond acceptors (Lipinski definition) is 3. The monoisotopic (exact) mass is 174 g/mol. The maximum absolute atomic E-state index is 11.2. The summed E-state index contributed by atoms with van der Waals surface area (Å²) in [5, 5.41) is 0. The number of carbonyl (C=O) groups excluding carboxylic acids is 2. The van der Waals surface area contributed by atoms with E-state index in [2.05, 4.69) is 4.98 Å². The summed E-state index contributed by atoms with van der Waals surface area (Å²) >= 11 is 0. The quantitative estimate of drug-likeness (QED) is 0.583. The molecule has 2 rings (SSSR count). The molecule has 0 saturated carbocycles. The van der Waals surface area contributed by atoms with E-state index < -0.39 is 0 Å². The highest BCUT2D eigenvalue weighted by atomic mass is 16.2. The van der Waals surface area contributed by atoms with Crippen LogP contribution in [-0.4, -0.2) is 16.8 Å². The average molecular weight is 174 g/mol. The lowest BCUT2D eigenvalue weighted by molar-refractivity contribution is -0.120. The van der Waals surface area contributed by atoms with Crippen molar-refractivity contribution in [1.29, 1.82) is 0 Å². The average Bonchev–Trinajstić information content (AvgIpc) is 2.48. The van der Waals surface area contributed by atoms with Gasteiger partial charge in [-0.25, -0.2) is 9.88 Å². The molecule has 0 radical (unpaired) electrons. The van der Waals surface area contributed by atoms with Crippen LogP contribution in [0, 0.1) is 0 Å². The summed E-state index contributed by atoms with van der Waals surface area (Å²) < 4.78 is 0. The Kier molecular flexibility index (Phi) is 1.66. The first-order valence-electron chi connectivity index (χ1n) is 3.76. The van der Waals surface area contributed by atoms with E-state index in [9.17, 15) is 9.59 Å². The van der Waals surface area contributed by atoms with Crippen LogP contribution < -0.4 is 4.90 Å². The van der Waals surface area contributed by atoms with E-state index in [1.54, 1.807) is 18.2 Å². The first kappa shape index (κ1) is 7.67. The summed E-state index contributed by atoms with van der Waals surface area (Å²) in [4.78, 5) is 27.3. The smallest absolute Gasteiger partial charge is 0.259 e. The second-order valence-corrected chi connectivity index (χ2v) is 2.53. The summed E-state index contributed by atoms with van der Waals surface area (Å²) in [6.45, 7) is 0. The fraction of sp³-hybridized carbons (Fsp3) is 0. The van der Waals surface area contributed by atoms with Crippen molar-refractivity contribution >= 4 is 17.6 Å². The summed E-state index contributed by atoms with van der Waals surface area (Å²) in [6.07, 6.45) is 4.00. The van der Waals surface area contributed by atoms with Crippen LogP contribution in [0.4, 0.5) is 5.82 Å². The predicted molar refractivity (Wildman–Crippen MR) is 45.9 cm³/mol. The zero-order valence-corrected chi connectivity index (χ0v) is 6.68. The van der Waals surface area contributed by atoms with E-state index in [0.717, 1.165) is 4.90 Å². The van der Waals surface area contributed by atoms with Crippen molar-refractivity contribution in [2.75, 3.05) is 4.90 Å². The lowest BCUT2D eigenvalue weighted by Crippen LogP contribution is -2.30. The molecule has 4 nitrogen and oxygen atoms in total. The van der Waals surface area contributed by atoms with Crippen molar-refractivity contribution < 1.29 is 9.59 Å². The van der Waals surface area contributed by atoms with Gasteiger partial charge in [0.1, 0.15) is 5.82 Å². The zero-order valence-electron chi connectivity index (χ0n) is 6.68. The number of imide groups is 1. The number of nitrogens with zero attached hydrogens (tertiary/aromatic N) is 2. The Labute approximate surface area is 74.5 Å². The number of rotatable bonds is 1. The fourth-order valence-corrected chi connectivity index (χ4v) is 1.11. The van der Waals surface area contributed by atoms with Crippen molar-refractivity contribution in [3.05, 3.63) is 36.5 Å². The van der Waals surface area contributed by atoms with Crippen molar-refractivity contribution in [1.82, 2.24) is 4.98 Å². The van der Waals surface area contributed by atoms with Crippen LogP contribution in [0.2, 0.25) is 0 Å². The Balaban J connectivity index is 2.38. The van der Waals surface area contributed by atoms with Gasteiger partial charge >= 0.3 is 0 Å². The van der Waals surface area contributed by atoms with Gasteiger partial charge in [0.15, 0.2) is 0 Å². The first-order chi connectivity index (χ1) is 6.29. The molecule has 0 aliphatic carbocycles. The molecule has 0 aromatic carbocycles. The second kappa shape index (κ2) is 2.82. The van der Waals surface area contributed by atoms with Gasteiger partial charge in [0, 0.05) is 18.3 Å². The van der Waals surface area contributed by atoms with Gasteiger partial charge in [0.05, 0.1) is 0 Å². The Morgan fingerprint density at radius 3 is 2.31 bits per heavy atom. The molecule has 13 heavy (non-hydrogen) atoms. The standard InChI is InChI=1S/C9H6N2O2/c12-8-4-5-9(13)11(8)7-3-1-2-6-10-7/h1-6H. The van der Waals surface area contributed by atoms with Crippen molar-refractivity contribution in [2.45, 2.75) is 0 Å². The second-order valence-electron chi connectivity index (χ2n) is 2.53. The molecule has 2 heterocycles. The van der Waals surface area contributed by atoms with Crippen molar-refractivity contribution in [3.8, 4) is 0 Å². The Bertz CT molecular complexity index is 366. The van der Waals surface area contributed by atoms with Gasteiger partial charge < -0.3 is 0 Å². The van der Waals surface area contributed by atoms with Crippen molar-refractivity contribution in [2.24, 2.45) is 0 Å². The number of amides is 2. The molecule has 1 aromatic rings. The number of pyridine rings is 1. The minimum absolute atomic E-state index is 0.344. The number of hydrogen-bond donors (Lipinski definition) is 0. The van der Waals surface area contributed by atoms with Gasteiger partial charge in [-0.1, -0.05) is 6.07 Å². The molecule has 0 atom stereocenters. The molecule has 4 heteroatoms. The normalized spacial score (nSPS) is 15.5. The van der Waals surface area contributed by atoms with Gasteiger partial charge in [0.2, 0.25) is 0 Å². The third-order valence-electron chi connectivity index (χ3n) is 1.69. The zero-order chi connectivity index (χ0) is 9.26. The fourth-order valence-electron chi connectivity index (χ4n) is 1.11. The summed E-state index contributed by atoms with van der Waals surface area (Å²) in [5.41, 5.74) is 0. The van der Waals surface area contributed by atoms with E-state index in [1.807, 2.05) is 0 Å². The summed E-state index contributed by atoms with van der Waals surface area (Å²) in [7, 11) is 0. The highest BCUT2D eigenvalue weighted by Gasteiger charge is 2.25. The van der Waals surface area contributed by atoms with E-state index in [4.69, 9.17) is 0 Å². The molecule has 1 aliphatic heterocycles. The Hall–Kier alpha value is -1.97. The van der Waals surface area contributed by atoms with Gasteiger partial charge in [-0.05, 0) is 12.1 Å². The van der Waals surface area contributed by atoms with Gasteiger partial charge in [-0.3, -0.25) is 9.59 Å². The van der Waals surface area contributed by atoms with Gasteiger partial charge in [-0.15, -0.1) is 0 Å². The predicted octanol–water partition coefficient (Wildman–Crippen LogP) is 0.511. The van der Waals surface area contributed by atoms with E-state index in [-0.39, 0.29) is 11.8 Å². The van der Waals surface area contributed by atoms with Gasteiger partial charge in [0.25, 0.3) is 11.8 Å². The largest absolute Gasteiger partial charge is 0.269 e. The molecule has 0 unspecified atom stereocenters. The molecule has 0 saturated heterocycles. The van der Waals surface area contributed by atoms with Gasteiger partial charge in [-0.2, -0.15) is 0 Å². The van der Waals surface area contributed by atoms with Crippen molar-refractivity contribution in [3.63, 3.8) is 0 Å². The lowest BCUT2D eigenvalue weighted by Gasteiger charge is -2.11. The topological polar surface area (TPSA) is 50.3 Å². The number of aromatic nitrogens is 1. The third kappa shape index (κ3) is 1.22. The molecule has 2 amide bonds. The molecular weight excluding hydrogens is 168 g/mol. The minimum Gasteiger partial charge on any atom is -0.269 e. The molecular formula is C9H6N2O2. The van der Waals surface area contributed by atoms with Crippen LogP contribution in [0.25, 0.3) is 0 Å². The Morgan fingerprint density at radius 1 is 1.08 bits per heavy atom. The molecule has 0 bridgehead atoms. The lowest BCUT2D eigenvalue weighted by atomic mass is 10.4. The maximum Gasteiger partial charge on any atom is 0.259 e. The van der Waals surface area contributed by atoms with Crippen LogP contribution in [0.1, 0.15) is 0 Å². The van der Waals surface area contributed by atoms with E-state index in [1.165, 1.54) is 18.3 Å². The number of carbonyl (C=O) groups is 2. The van der Waals surface area contributed by atoms with E-state index in [0.29, 0.717) is 5.82 Å². The molecule has 0 fully saturated rings. The summed E-state index contributed by atoms with van der Waals surface area (Å²) in [5.74, 6) is -0.324. The van der Waals surface area contributed by atoms with Crippen LogP contribution in [0.15, 0.2) is 36.5 Å². The van der Waals surface area contributed by atoms with Crippen LogP contribution in [0.5, 0.6) is 0 Å². The highest BCUT2D eigenvalue weighted by Crippen LogP contribution is 2.14. The molecule has 0 N–H and O–H groups in total. The minimum atomic E-state index is -0.344. The highest BCUT2D eigenvalue weighted by molar-refractivity contribution is 6.27. The van der Waals surface area contributed by atoms with Crippen LogP contribution >= 0.6 is 0 Å². The Morgan fingerprint density at radius 2 is 1.77 bits per heavy atom.